The van der Waals surface area contributed by atoms with Gasteiger partial charge in [0.05, 0.1) is 12.2 Å². The Labute approximate surface area is 98.5 Å². The first kappa shape index (κ1) is 12.3. The highest BCUT2D eigenvalue weighted by Crippen LogP contribution is 2.28. The van der Waals surface area contributed by atoms with Crippen LogP contribution in [-0.4, -0.2) is 47.0 Å². The van der Waals surface area contributed by atoms with Gasteiger partial charge in [0.15, 0.2) is 0 Å². The van der Waals surface area contributed by atoms with Crippen LogP contribution in [0, 0.1) is 11.8 Å². The number of aliphatic hydroxyl groups is 2. The van der Waals surface area contributed by atoms with Crippen molar-refractivity contribution < 1.29 is 10.2 Å². The van der Waals surface area contributed by atoms with Crippen LogP contribution < -0.4 is 0 Å². The zero-order valence-electron chi connectivity index (χ0n) is 10.3. The molecule has 0 radical (unpaired) electrons. The van der Waals surface area contributed by atoms with Crippen molar-refractivity contribution in [1.29, 1.82) is 0 Å². The van der Waals surface area contributed by atoms with Gasteiger partial charge in [0.25, 0.3) is 0 Å². The van der Waals surface area contributed by atoms with Crippen LogP contribution in [0.25, 0.3) is 0 Å². The van der Waals surface area contributed by atoms with Crippen molar-refractivity contribution in [3.8, 4) is 0 Å². The molecular formula is C13H25NO2. The summed E-state index contributed by atoms with van der Waals surface area (Å²) in [6.45, 7) is 5.16. The van der Waals surface area contributed by atoms with Gasteiger partial charge in [0.1, 0.15) is 0 Å². The summed E-state index contributed by atoms with van der Waals surface area (Å²) in [4.78, 5) is 2.47. The topological polar surface area (TPSA) is 43.7 Å². The fraction of sp³-hybridized carbons (Fsp3) is 1.00. The van der Waals surface area contributed by atoms with E-state index in [2.05, 4.69) is 4.90 Å². The first-order valence-electron chi connectivity index (χ1n) is 6.75. The molecule has 0 spiro atoms. The predicted octanol–water partition coefficient (Wildman–Crippen LogP) is 1.24. The average molecular weight is 227 g/mol. The van der Waals surface area contributed by atoms with Gasteiger partial charge in [-0.15, -0.1) is 0 Å². The molecule has 0 amide bonds. The summed E-state index contributed by atoms with van der Waals surface area (Å²) in [5.74, 6) is 0.993. The molecule has 1 aliphatic heterocycles. The Morgan fingerprint density at radius 1 is 1.19 bits per heavy atom. The van der Waals surface area contributed by atoms with Gasteiger partial charge in [-0.05, 0) is 57.5 Å². The van der Waals surface area contributed by atoms with Gasteiger partial charge in [-0.25, -0.2) is 0 Å². The highest BCUT2D eigenvalue weighted by Gasteiger charge is 2.29. The van der Waals surface area contributed by atoms with Crippen LogP contribution in [0.3, 0.4) is 0 Å². The number of rotatable bonds is 3. The average Bonchev–Trinajstić information content (AvgIpc) is 2.65. The van der Waals surface area contributed by atoms with E-state index < -0.39 is 0 Å². The monoisotopic (exact) mass is 227 g/mol. The highest BCUT2D eigenvalue weighted by molar-refractivity contribution is 4.82. The third-order valence-electron chi connectivity index (χ3n) is 4.43. The van der Waals surface area contributed by atoms with Gasteiger partial charge in [-0.2, -0.15) is 0 Å². The first-order valence-corrected chi connectivity index (χ1v) is 6.75. The van der Waals surface area contributed by atoms with Gasteiger partial charge in [0.2, 0.25) is 0 Å². The normalized spacial score (nSPS) is 35.4. The Kier molecular flexibility index (Phi) is 4.22. The lowest BCUT2D eigenvalue weighted by Gasteiger charge is -2.35. The minimum atomic E-state index is -0.153. The Balaban J connectivity index is 1.72. The Bertz CT molecular complexity index is 212. The summed E-state index contributed by atoms with van der Waals surface area (Å²) in [6.07, 6.45) is 5.39. The van der Waals surface area contributed by atoms with Crippen molar-refractivity contribution in [2.24, 2.45) is 11.8 Å². The van der Waals surface area contributed by atoms with E-state index in [1.807, 2.05) is 6.92 Å². The Hall–Kier alpha value is -0.120. The molecule has 0 aromatic carbocycles. The van der Waals surface area contributed by atoms with Crippen LogP contribution in [0.4, 0.5) is 0 Å². The van der Waals surface area contributed by atoms with Crippen molar-refractivity contribution in [2.75, 3.05) is 19.6 Å². The standard InChI is InChI=1S/C13H25NO2/c1-10(15)11-5-7-14(8-6-11)9-12-3-2-4-13(12)16/h10-13,15-16H,2-9H2,1H3. The number of likely N-dealkylation sites (tertiary alicyclic amines) is 1. The lowest BCUT2D eigenvalue weighted by atomic mass is 9.91. The molecule has 2 rings (SSSR count). The zero-order valence-corrected chi connectivity index (χ0v) is 10.3. The summed E-state index contributed by atoms with van der Waals surface area (Å²) in [6, 6.07) is 0. The summed E-state index contributed by atoms with van der Waals surface area (Å²) in [5.41, 5.74) is 0. The quantitative estimate of drug-likeness (QED) is 0.762. The molecule has 3 atom stereocenters. The zero-order chi connectivity index (χ0) is 11.5. The molecule has 2 aliphatic rings. The molecule has 3 nitrogen and oxygen atoms in total. The molecule has 16 heavy (non-hydrogen) atoms. The van der Waals surface area contributed by atoms with E-state index in [4.69, 9.17) is 0 Å². The molecule has 1 heterocycles. The summed E-state index contributed by atoms with van der Waals surface area (Å²) >= 11 is 0. The minimum absolute atomic E-state index is 0.0607. The maximum atomic E-state index is 9.79. The van der Waals surface area contributed by atoms with E-state index in [0.29, 0.717) is 11.8 Å². The van der Waals surface area contributed by atoms with Crippen LogP contribution in [0.15, 0.2) is 0 Å². The first-order chi connectivity index (χ1) is 7.66. The molecule has 0 bridgehead atoms. The van der Waals surface area contributed by atoms with E-state index in [1.54, 1.807) is 0 Å². The maximum Gasteiger partial charge on any atom is 0.0580 e. The number of hydrogen-bond donors (Lipinski definition) is 2. The van der Waals surface area contributed by atoms with Crippen LogP contribution in [0.2, 0.25) is 0 Å². The van der Waals surface area contributed by atoms with Crippen LogP contribution in [-0.2, 0) is 0 Å². The largest absolute Gasteiger partial charge is 0.393 e. The molecule has 2 fully saturated rings. The van der Waals surface area contributed by atoms with Crippen LogP contribution >= 0.6 is 0 Å². The summed E-state index contributed by atoms with van der Waals surface area (Å²) in [5, 5.41) is 19.3. The lowest BCUT2D eigenvalue weighted by Crippen LogP contribution is -2.40. The third kappa shape index (κ3) is 2.96. The van der Waals surface area contributed by atoms with Crippen molar-refractivity contribution in [1.82, 2.24) is 4.90 Å². The van der Waals surface area contributed by atoms with Crippen molar-refractivity contribution in [3.05, 3.63) is 0 Å². The maximum absolute atomic E-state index is 9.79. The van der Waals surface area contributed by atoms with Crippen molar-refractivity contribution in [3.63, 3.8) is 0 Å². The smallest absolute Gasteiger partial charge is 0.0580 e. The van der Waals surface area contributed by atoms with E-state index in [0.717, 1.165) is 38.9 Å². The molecule has 1 aliphatic carbocycles. The second-order valence-corrected chi connectivity index (χ2v) is 5.64. The molecule has 0 aromatic rings. The molecule has 1 saturated carbocycles. The van der Waals surface area contributed by atoms with E-state index in [9.17, 15) is 10.2 Å². The van der Waals surface area contributed by atoms with Crippen molar-refractivity contribution in [2.45, 2.75) is 51.2 Å². The van der Waals surface area contributed by atoms with Gasteiger partial charge in [-0.1, -0.05) is 6.42 Å². The summed E-state index contributed by atoms with van der Waals surface area (Å²) in [7, 11) is 0. The number of aliphatic hydroxyl groups excluding tert-OH is 2. The fourth-order valence-corrected chi connectivity index (χ4v) is 3.18. The third-order valence-corrected chi connectivity index (χ3v) is 4.43. The second kappa shape index (κ2) is 5.48. The Morgan fingerprint density at radius 2 is 1.88 bits per heavy atom. The minimum Gasteiger partial charge on any atom is -0.393 e. The SMILES string of the molecule is CC(O)C1CCN(CC2CCCC2O)CC1. The van der Waals surface area contributed by atoms with Crippen LogP contribution in [0.5, 0.6) is 0 Å². The molecular weight excluding hydrogens is 202 g/mol. The number of nitrogens with zero attached hydrogens (tertiary/aromatic N) is 1. The van der Waals surface area contributed by atoms with Gasteiger partial charge >= 0.3 is 0 Å². The van der Waals surface area contributed by atoms with Crippen molar-refractivity contribution >= 4 is 0 Å². The van der Waals surface area contributed by atoms with E-state index in [-0.39, 0.29) is 12.2 Å². The molecule has 3 heteroatoms. The van der Waals surface area contributed by atoms with Crippen LogP contribution in [0.1, 0.15) is 39.0 Å². The van der Waals surface area contributed by atoms with E-state index >= 15 is 0 Å². The molecule has 94 valence electrons. The van der Waals surface area contributed by atoms with Gasteiger partial charge in [-0.3, -0.25) is 0 Å². The Morgan fingerprint density at radius 3 is 2.38 bits per heavy atom. The number of piperidine rings is 1. The highest BCUT2D eigenvalue weighted by atomic mass is 16.3. The summed E-state index contributed by atoms with van der Waals surface area (Å²) < 4.78 is 0. The van der Waals surface area contributed by atoms with E-state index in [1.165, 1.54) is 12.8 Å². The lowest BCUT2D eigenvalue weighted by molar-refractivity contribution is 0.0512. The van der Waals surface area contributed by atoms with Gasteiger partial charge < -0.3 is 15.1 Å². The van der Waals surface area contributed by atoms with Gasteiger partial charge in [0, 0.05) is 6.54 Å². The molecule has 1 saturated heterocycles. The molecule has 3 unspecified atom stereocenters. The number of hydrogen-bond acceptors (Lipinski definition) is 3. The fourth-order valence-electron chi connectivity index (χ4n) is 3.18. The molecule has 2 N–H and O–H groups in total. The second-order valence-electron chi connectivity index (χ2n) is 5.64. The predicted molar refractivity (Wildman–Crippen MR) is 64.2 cm³/mol. The molecule has 0 aromatic heterocycles.